The second kappa shape index (κ2) is 7.76. The maximum Gasteiger partial charge on any atom is 0.317 e. The maximum atomic E-state index is 11.9. The van der Waals surface area contributed by atoms with Crippen LogP contribution in [-0.4, -0.2) is 47.5 Å². The normalized spacial score (nSPS) is 18.3. The number of carbonyl (C=O) groups excluding carboxylic acids is 1. The van der Waals surface area contributed by atoms with E-state index in [4.69, 9.17) is 11.6 Å². The Morgan fingerprint density at radius 2 is 2.20 bits per heavy atom. The van der Waals surface area contributed by atoms with E-state index in [-0.39, 0.29) is 18.7 Å². The van der Waals surface area contributed by atoms with Crippen molar-refractivity contribution < 1.29 is 9.90 Å². The van der Waals surface area contributed by atoms with Gasteiger partial charge >= 0.3 is 6.03 Å². The zero-order valence-corrected chi connectivity index (χ0v) is 12.8. The predicted octanol–water partition coefficient (Wildman–Crippen LogP) is 2.60. The van der Waals surface area contributed by atoms with Crippen molar-refractivity contribution in [1.29, 1.82) is 0 Å². The minimum absolute atomic E-state index is 0.0149. The number of urea groups is 1. The maximum absolute atomic E-state index is 11.9. The zero-order valence-electron chi connectivity index (χ0n) is 11.2. The Morgan fingerprint density at radius 3 is 2.90 bits per heavy atom. The monoisotopic (exact) mass is 314 g/mol. The summed E-state index contributed by atoms with van der Waals surface area (Å²) in [4.78, 5) is 14.8. The third kappa shape index (κ3) is 4.30. The number of halogens is 1. The molecule has 1 aromatic carbocycles. The number of rotatable bonds is 5. The van der Waals surface area contributed by atoms with Gasteiger partial charge in [0.1, 0.15) is 0 Å². The molecule has 1 saturated heterocycles. The molecular formula is C14H19ClN2O2S. The minimum atomic E-state index is -0.0711. The second-order valence-corrected chi connectivity index (χ2v) is 6.31. The highest BCUT2D eigenvalue weighted by Gasteiger charge is 2.27. The molecule has 2 N–H and O–H groups in total. The Kier molecular flexibility index (Phi) is 6.01. The van der Waals surface area contributed by atoms with E-state index in [1.807, 2.05) is 24.3 Å². The zero-order chi connectivity index (χ0) is 14.4. The Balaban J connectivity index is 1.68. The van der Waals surface area contributed by atoms with Crippen LogP contribution in [0, 0.1) is 0 Å². The van der Waals surface area contributed by atoms with Gasteiger partial charge in [0.15, 0.2) is 0 Å². The number of carbonyl (C=O) groups is 1. The smallest absolute Gasteiger partial charge is 0.317 e. The molecule has 1 fully saturated rings. The molecule has 20 heavy (non-hydrogen) atoms. The molecule has 1 unspecified atom stereocenters. The molecule has 0 aliphatic carbocycles. The average Bonchev–Trinajstić information content (AvgIpc) is 2.94. The first kappa shape index (κ1) is 15.5. The molecule has 0 aromatic heterocycles. The highest BCUT2D eigenvalue weighted by molar-refractivity contribution is 7.99. The molecule has 2 rings (SSSR count). The Hall–Kier alpha value is -0.910. The summed E-state index contributed by atoms with van der Waals surface area (Å²) in [6.45, 7) is 1.40. The molecule has 2 amide bonds. The SMILES string of the molecule is O=C(NCCSc1ccc(Cl)cc1)N1CCCC1CO. The number of nitrogens with one attached hydrogen (secondary N) is 1. The van der Waals surface area contributed by atoms with Crippen LogP contribution in [-0.2, 0) is 0 Å². The molecule has 0 bridgehead atoms. The van der Waals surface area contributed by atoms with Gasteiger partial charge < -0.3 is 15.3 Å². The summed E-state index contributed by atoms with van der Waals surface area (Å²) < 4.78 is 0. The number of thioether (sulfide) groups is 1. The van der Waals surface area contributed by atoms with Crippen molar-refractivity contribution in [3.05, 3.63) is 29.3 Å². The number of aliphatic hydroxyl groups is 1. The van der Waals surface area contributed by atoms with Crippen molar-refractivity contribution in [3.63, 3.8) is 0 Å². The molecule has 0 saturated carbocycles. The van der Waals surface area contributed by atoms with Crippen LogP contribution in [0.4, 0.5) is 4.79 Å². The van der Waals surface area contributed by atoms with E-state index in [2.05, 4.69) is 5.32 Å². The fraction of sp³-hybridized carbons (Fsp3) is 0.500. The van der Waals surface area contributed by atoms with Crippen molar-refractivity contribution in [3.8, 4) is 0 Å². The number of benzene rings is 1. The van der Waals surface area contributed by atoms with Crippen LogP contribution in [0.3, 0.4) is 0 Å². The molecular weight excluding hydrogens is 296 g/mol. The lowest BCUT2D eigenvalue weighted by Crippen LogP contribution is -2.44. The quantitative estimate of drug-likeness (QED) is 0.649. The first-order valence-corrected chi connectivity index (χ1v) is 8.11. The first-order valence-electron chi connectivity index (χ1n) is 6.74. The molecule has 1 heterocycles. The van der Waals surface area contributed by atoms with E-state index < -0.39 is 0 Å². The van der Waals surface area contributed by atoms with Crippen molar-refractivity contribution in [2.45, 2.75) is 23.8 Å². The fourth-order valence-electron chi connectivity index (χ4n) is 2.25. The highest BCUT2D eigenvalue weighted by Crippen LogP contribution is 2.20. The lowest BCUT2D eigenvalue weighted by molar-refractivity contribution is 0.157. The van der Waals surface area contributed by atoms with Crippen LogP contribution in [0.2, 0.25) is 5.02 Å². The van der Waals surface area contributed by atoms with E-state index in [0.29, 0.717) is 6.54 Å². The van der Waals surface area contributed by atoms with Gasteiger partial charge in [-0.15, -0.1) is 11.8 Å². The van der Waals surface area contributed by atoms with Crippen molar-refractivity contribution in [2.75, 3.05) is 25.4 Å². The molecule has 6 heteroatoms. The predicted molar refractivity (Wildman–Crippen MR) is 82.4 cm³/mol. The Morgan fingerprint density at radius 1 is 1.45 bits per heavy atom. The van der Waals surface area contributed by atoms with Crippen LogP contribution in [0.15, 0.2) is 29.2 Å². The van der Waals surface area contributed by atoms with E-state index in [1.54, 1.807) is 16.7 Å². The Labute approximate surface area is 128 Å². The van der Waals surface area contributed by atoms with Crippen LogP contribution in [0.25, 0.3) is 0 Å². The van der Waals surface area contributed by atoms with Crippen molar-refractivity contribution in [1.82, 2.24) is 10.2 Å². The van der Waals surface area contributed by atoms with Gasteiger partial charge in [0.25, 0.3) is 0 Å². The van der Waals surface area contributed by atoms with Crippen LogP contribution >= 0.6 is 23.4 Å². The topological polar surface area (TPSA) is 52.6 Å². The lowest BCUT2D eigenvalue weighted by Gasteiger charge is -2.23. The molecule has 1 atom stereocenters. The second-order valence-electron chi connectivity index (χ2n) is 4.71. The van der Waals surface area contributed by atoms with Gasteiger partial charge in [-0.05, 0) is 37.1 Å². The summed E-state index contributed by atoms with van der Waals surface area (Å²) in [6.07, 6.45) is 1.86. The minimum Gasteiger partial charge on any atom is -0.394 e. The summed E-state index contributed by atoms with van der Waals surface area (Å²) in [5.74, 6) is 0.811. The number of likely N-dealkylation sites (tertiary alicyclic amines) is 1. The Bertz CT molecular complexity index is 441. The molecule has 1 aromatic rings. The van der Waals surface area contributed by atoms with Crippen LogP contribution < -0.4 is 5.32 Å². The van der Waals surface area contributed by atoms with Crippen LogP contribution in [0.5, 0.6) is 0 Å². The summed E-state index contributed by atoms with van der Waals surface area (Å²) in [7, 11) is 0. The van der Waals surface area contributed by atoms with Gasteiger partial charge in [-0.3, -0.25) is 0 Å². The van der Waals surface area contributed by atoms with Gasteiger partial charge in [-0.1, -0.05) is 11.6 Å². The van der Waals surface area contributed by atoms with Crippen molar-refractivity contribution >= 4 is 29.4 Å². The summed E-state index contributed by atoms with van der Waals surface area (Å²) in [5, 5.41) is 12.8. The number of nitrogens with zero attached hydrogens (tertiary/aromatic N) is 1. The van der Waals surface area contributed by atoms with Gasteiger partial charge in [0, 0.05) is 28.8 Å². The van der Waals surface area contributed by atoms with Crippen molar-refractivity contribution in [2.24, 2.45) is 0 Å². The molecule has 0 radical (unpaired) electrons. The fourth-order valence-corrected chi connectivity index (χ4v) is 3.15. The number of aliphatic hydroxyl groups excluding tert-OH is 1. The molecule has 110 valence electrons. The third-order valence-electron chi connectivity index (χ3n) is 3.31. The molecule has 0 spiro atoms. The molecule has 1 aliphatic heterocycles. The number of hydrogen-bond acceptors (Lipinski definition) is 3. The molecule has 1 aliphatic rings. The van der Waals surface area contributed by atoms with Gasteiger partial charge in [0.05, 0.1) is 12.6 Å². The number of amides is 2. The standard InChI is InChI=1S/C14H19ClN2O2S/c15-11-3-5-13(6-4-11)20-9-7-16-14(19)17-8-1-2-12(17)10-18/h3-6,12,18H,1-2,7-10H2,(H,16,19). The van der Waals surface area contributed by atoms with Crippen LogP contribution in [0.1, 0.15) is 12.8 Å². The highest BCUT2D eigenvalue weighted by atomic mass is 35.5. The number of hydrogen-bond donors (Lipinski definition) is 2. The lowest BCUT2D eigenvalue weighted by atomic mass is 10.2. The van der Waals surface area contributed by atoms with E-state index in [9.17, 15) is 9.90 Å². The summed E-state index contributed by atoms with van der Waals surface area (Å²) >= 11 is 7.50. The van der Waals surface area contributed by atoms with Gasteiger partial charge in [-0.25, -0.2) is 4.79 Å². The van der Waals surface area contributed by atoms with E-state index in [0.717, 1.165) is 35.1 Å². The van der Waals surface area contributed by atoms with E-state index >= 15 is 0 Å². The molecule has 4 nitrogen and oxygen atoms in total. The van der Waals surface area contributed by atoms with E-state index in [1.165, 1.54) is 0 Å². The largest absolute Gasteiger partial charge is 0.394 e. The third-order valence-corrected chi connectivity index (χ3v) is 4.58. The van der Waals surface area contributed by atoms with Gasteiger partial charge in [-0.2, -0.15) is 0 Å². The summed E-state index contributed by atoms with van der Waals surface area (Å²) in [5.41, 5.74) is 0. The first-order chi connectivity index (χ1) is 9.70. The average molecular weight is 315 g/mol. The van der Waals surface area contributed by atoms with Gasteiger partial charge in [0.2, 0.25) is 0 Å². The summed E-state index contributed by atoms with van der Waals surface area (Å²) in [6, 6.07) is 7.57.